The van der Waals surface area contributed by atoms with Crippen LogP contribution in [0.25, 0.3) is 0 Å². The van der Waals surface area contributed by atoms with Crippen molar-refractivity contribution in [2.45, 2.75) is 33.7 Å². The van der Waals surface area contributed by atoms with Gasteiger partial charge in [0.15, 0.2) is 5.82 Å². The van der Waals surface area contributed by atoms with Crippen molar-refractivity contribution in [1.29, 1.82) is 0 Å². The number of rotatable bonds is 3. The van der Waals surface area contributed by atoms with Crippen LogP contribution in [0.5, 0.6) is 0 Å². The molecule has 0 unspecified atom stereocenters. The fourth-order valence-electron chi connectivity index (χ4n) is 3.68. The molecular weight excluding hydrogens is 322 g/mol. The van der Waals surface area contributed by atoms with Crippen molar-refractivity contribution in [3.63, 3.8) is 0 Å². The zero-order chi connectivity index (χ0) is 18.1. The maximum Gasteiger partial charge on any atom is 0.249 e. The van der Waals surface area contributed by atoms with Gasteiger partial charge in [-0.05, 0) is 49.4 Å². The first-order valence-electron chi connectivity index (χ1n) is 8.96. The second-order valence-electron chi connectivity index (χ2n) is 6.98. The van der Waals surface area contributed by atoms with E-state index in [0.717, 1.165) is 31.0 Å². The summed E-state index contributed by atoms with van der Waals surface area (Å²) in [6.45, 7) is 8.10. The molecule has 0 saturated carbocycles. The molecule has 3 aromatic rings. The maximum atomic E-state index is 4.71. The SMILES string of the molecule is Cc1cc(C)c(Nc2nncc(N3CCc4ccccc4C3)n2)c(C)c1. The van der Waals surface area contributed by atoms with Gasteiger partial charge in [0.1, 0.15) is 0 Å². The molecule has 5 heteroatoms. The fraction of sp³-hybridized carbons (Fsp3) is 0.286. The molecule has 0 aliphatic carbocycles. The van der Waals surface area contributed by atoms with Crippen molar-refractivity contribution in [3.05, 3.63) is 70.4 Å². The average molecular weight is 345 g/mol. The number of hydrogen-bond donors (Lipinski definition) is 1. The summed E-state index contributed by atoms with van der Waals surface area (Å²) in [4.78, 5) is 6.97. The lowest BCUT2D eigenvalue weighted by atomic mass is 10.0. The minimum Gasteiger partial charge on any atom is -0.350 e. The van der Waals surface area contributed by atoms with Crippen molar-refractivity contribution < 1.29 is 0 Å². The minimum atomic E-state index is 0.538. The molecule has 0 atom stereocenters. The van der Waals surface area contributed by atoms with Gasteiger partial charge in [-0.1, -0.05) is 42.0 Å². The van der Waals surface area contributed by atoms with Gasteiger partial charge in [0.2, 0.25) is 5.95 Å². The maximum absolute atomic E-state index is 4.71. The van der Waals surface area contributed by atoms with Crippen LogP contribution in [-0.2, 0) is 13.0 Å². The van der Waals surface area contributed by atoms with Gasteiger partial charge >= 0.3 is 0 Å². The summed E-state index contributed by atoms with van der Waals surface area (Å²) in [5.41, 5.74) is 7.46. The molecule has 1 aromatic heterocycles. The fourth-order valence-corrected chi connectivity index (χ4v) is 3.68. The predicted molar refractivity (Wildman–Crippen MR) is 105 cm³/mol. The highest BCUT2D eigenvalue weighted by atomic mass is 15.3. The highest BCUT2D eigenvalue weighted by Gasteiger charge is 2.18. The molecule has 0 fully saturated rings. The molecule has 0 bridgehead atoms. The molecule has 4 rings (SSSR count). The Hall–Kier alpha value is -2.95. The number of anilines is 3. The third kappa shape index (κ3) is 3.25. The number of hydrogen-bond acceptors (Lipinski definition) is 5. The van der Waals surface area contributed by atoms with E-state index >= 15 is 0 Å². The average Bonchev–Trinajstić information content (AvgIpc) is 2.64. The number of aromatic nitrogens is 3. The summed E-state index contributed by atoms with van der Waals surface area (Å²) < 4.78 is 0. The molecule has 2 aromatic carbocycles. The molecule has 0 saturated heterocycles. The molecule has 0 spiro atoms. The summed E-state index contributed by atoms with van der Waals surface area (Å²) in [6.07, 6.45) is 2.77. The van der Waals surface area contributed by atoms with Gasteiger partial charge in [0, 0.05) is 18.8 Å². The Labute approximate surface area is 154 Å². The largest absolute Gasteiger partial charge is 0.350 e. The molecular formula is C21H23N5. The molecule has 5 nitrogen and oxygen atoms in total. The van der Waals surface area contributed by atoms with E-state index in [-0.39, 0.29) is 0 Å². The molecule has 26 heavy (non-hydrogen) atoms. The summed E-state index contributed by atoms with van der Waals surface area (Å²) in [5, 5.41) is 11.7. The van der Waals surface area contributed by atoms with Crippen LogP contribution >= 0.6 is 0 Å². The first kappa shape index (κ1) is 16.5. The zero-order valence-corrected chi connectivity index (χ0v) is 15.5. The first-order chi connectivity index (χ1) is 12.6. The van der Waals surface area contributed by atoms with Gasteiger partial charge < -0.3 is 10.2 Å². The number of benzene rings is 2. The van der Waals surface area contributed by atoms with Gasteiger partial charge in [-0.3, -0.25) is 0 Å². The lowest BCUT2D eigenvalue weighted by Crippen LogP contribution is -2.31. The standard InChI is InChI=1S/C21H23N5/c1-14-10-15(2)20(16(3)11-14)24-21-23-19(12-22-25-21)26-9-8-17-6-4-5-7-18(17)13-26/h4-7,10-12H,8-9,13H2,1-3H3,(H,23,24,25). The van der Waals surface area contributed by atoms with Crippen LogP contribution in [0.2, 0.25) is 0 Å². The summed E-state index contributed by atoms with van der Waals surface area (Å²) in [7, 11) is 0. The quantitative estimate of drug-likeness (QED) is 0.774. The Morgan fingerprint density at radius 3 is 2.50 bits per heavy atom. The van der Waals surface area contributed by atoms with Gasteiger partial charge in [0.25, 0.3) is 0 Å². The van der Waals surface area contributed by atoms with Crippen LogP contribution in [0, 0.1) is 20.8 Å². The van der Waals surface area contributed by atoms with E-state index in [4.69, 9.17) is 4.98 Å². The molecule has 1 aliphatic heterocycles. The summed E-state index contributed by atoms with van der Waals surface area (Å²) >= 11 is 0. The van der Waals surface area contributed by atoms with Crippen molar-refractivity contribution in [3.8, 4) is 0 Å². The zero-order valence-electron chi connectivity index (χ0n) is 15.5. The van der Waals surface area contributed by atoms with Crippen LogP contribution in [0.1, 0.15) is 27.8 Å². The third-order valence-electron chi connectivity index (χ3n) is 4.91. The van der Waals surface area contributed by atoms with Crippen molar-refractivity contribution in [2.75, 3.05) is 16.8 Å². The van der Waals surface area contributed by atoms with E-state index in [0.29, 0.717) is 5.95 Å². The van der Waals surface area contributed by atoms with Gasteiger partial charge in [-0.2, -0.15) is 10.1 Å². The van der Waals surface area contributed by atoms with E-state index in [1.807, 2.05) is 0 Å². The Bertz CT molecular complexity index is 928. The van der Waals surface area contributed by atoms with E-state index in [1.54, 1.807) is 6.20 Å². The minimum absolute atomic E-state index is 0.538. The van der Waals surface area contributed by atoms with Crippen molar-refractivity contribution in [2.24, 2.45) is 0 Å². The Morgan fingerprint density at radius 1 is 1.00 bits per heavy atom. The second kappa shape index (κ2) is 6.75. The van der Waals surface area contributed by atoms with E-state index < -0.39 is 0 Å². The van der Waals surface area contributed by atoms with E-state index in [2.05, 4.69) is 77.6 Å². The predicted octanol–water partition coefficient (Wildman–Crippen LogP) is 4.10. The van der Waals surface area contributed by atoms with Crippen molar-refractivity contribution >= 4 is 17.5 Å². The monoisotopic (exact) mass is 345 g/mol. The highest BCUT2D eigenvalue weighted by molar-refractivity contribution is 5.64. The molecule has 1 N–H and O–H groups in total. The molecule has 0 radical (unpaired) electrons. The third-order valence-corrected chi connectivity index (χ3v) is 4.91. The summed E-state index contributed by atoms with van der Waals surface area (Å²) in [6, 6.07) is 12.9. The van der Waals surface area contributed by atoms with Crippen molar-refractivity contribution in [1.82, 2.24) is 15.2 Å². The highest BCUT2D eigenvalue weighted by Crippen LogP contribution is 2.26. The van der Waals surface area contributed by atoms with Crippen LogP contribution in [0.4, 0.5) is 17.5 Å². The van der Waals surface area contributed by atoms with Gasteiger partial charge in [-0.25, -0.2) is 0 Å². The van der Waals surface area contributed by atoms with Crippen LogP contribution in [0.3, 0.4) is 0 Å². The number of aryl methyl sites for hydroxylation is 3. The number of nitrogens with zero attached hydrogens (tertiary/aromatic N) is 4. The normalized spacial score (nSPS) is 13.4. The van der Waals surface area contributed by atoms with E-state index in [9.17, 15) is 0 Å². The number of nitrogens with one attached hydrogen (secondary N) is 1. The molecule has 132 valence electrons. The van der Waals surface area contributed by atoms with E-state index in [1.165, 1.54) is 27.8 Å². The molecule has 2 heterocycles. The van der Waals surface area contributed by atoms with Crippen LogP contribution < -0.4 is 10.2 Å². The first-order valence-corrected chi connectivity index (χ1v) is 8.96. The van der Waals surface area contributed by atoms with Gasteiger partial charge in [-0.15, -0.1) is 5.10 Å². The van der Waals surface area contributed by atoms with Gasteiger partial charge in [0.05, 0.1) is 6.20 Å². The molecule has 1 aliphatic rings. The smallest absolute Gasteiger partial charge is 0.249 e. The topological polar surface area (TPSA) is 53.9 Å². The second-order valence-corrected chi connectivity index (χ2v) is 6.98. The van der Waals surface area contributed by atoms with Crippen LogP contribution in [-0.4, -0.2) is 21.7 Å². The Kier molecular flexibility index (Phi) is 4.29. The summed E-state index contributed by atoms with van der Waals surface area (Å²) in [5.74, 6) is 1.40. The Balaban J connectivity index is 1.58. The Morgan fingerprint density at radius 2 is 1.73 bits per heavy atom. The number of fused-ring (bicyclic) bond motifs is 1. The lowest BCUT2D eigenvalue weighted by molar-refractivity contribution is 0.715. The van der Waals surface area contributed by atoms with Crippen LogP contribution in [0.15, 0.2) is 42.6 Å². The lowest BCUT2D eigenvalue weighted by Gasteiger charge is -2.29. The molecule has 0 amide bonds.